The zero-order valence-electron chi connectivity index (χ0n) is 40.6. The lowest BCUT2D eigenvalue weighted by atomic mass is 9.43. The van der Waals surface area contributed by atoms with Gasteiger partial charge in [0, 0.05) is 44.3 Å². The van der Waals surface area contributed by atoms with Gasteiger partial charge in [-0.05, 0) is 229 Å². The van der Waals surface area contributed by atoms with Crippen LogP contribution in [0.5, 0.6) is 0 Å². The Balaban J connectivity index is 0.000000112. The highest BCUT2D eigenvalue weighted by Crippen LogP contribution is 2.71. The summed E-state index contributed by atoms with van der Waals surface area (Å²) < 4.78 is 0. The molecule has 0 radical (unpaired) electrons. The van der Waals surface area contributed by atoms with Crippen molar-refractivity contribution in [2.24, 2.45) is 47.3 Å². The van der Waals surface area contributed by atoms with Crippen LogP contribution in [0, 0.1) is 47.3 Å². The summed E-state index contributed by atoms with van der Waals surface area (Å²) in [6, 6.07) is 74.6. The van der Waals surface area contributed by atoms with Crippen molar-refractivity contribution in [2.75, 3.05) is 10.2 Å². The predicted molar refractivity (Wildman–Crippen MR) is 295 cm³/mol. The van der Waals surface area contributed by atoms with Crippen LogP contribution in [-0.2, 0) is 10.8 Å². The fraction of sp³-hybridized carbons (Fsp3) is 0.294. The maximum Gasteiger partial charge on any atom is 0.0465 e. The van der Waals surface area contributed by atoms with E-state index in [2.05, 4.69) is 156 Å². The molecule has 71 heavy (non-hydrogen) atoms. The Hall–Kier alpha value is -6.35. The average molecular weight is 944 g/mol. The molecule has 1 N–H and O–H groups in total. The Morgan fingerprint density at radius 3 is 1.11 bits per heavy atom. The summed E-state index contributed by atoms with van der Waals surface area (Å²) in [5, 5.41) is 4.21. The number of rotatable bonds is 5. The Morgan fingerprint density at radius 1 is 0.324 bits per heavy atom. The van der Waals surface area contributed by atoms with Gasteiger partial charge in [-0.25, -0.2) is 0 Å². The molecule has 2 spiro atoms. The molecule has 8 fully saturated rings. The van der Waals surface area contributed by atoms with E-state index >= 15 is 0 Å². The number of hydrogen-bond donors (Lipinski definition) is 1. The molecule has 8 aromatic carbocycles. The van der Waals surface area contributed by atoms with Gasteiger partial charge < -0.3 is 10.2 Å². The van der Waals surface area contributed by atoms with Crippen LogP contribution in [0.3, 0.4) is 0 Å². The van der Waals surface area contributed by atoms with Gasteiger partial charge in [0.05, 0.1) is 0 Å². The second kappa shape index (κ2) is 17.5. The van der Waals surface area contributed by atoms with Crippen molar-refractivity contribution in [2.45, 2.75) is 75.0 Å². The van der Waals surface area contributed by atoms with Crippen molar-refractivity contribution in [1.29, 1.82) is 0 Å². The van der Waals surface area contributed by atoms with Gasteiger partial charge in [0.1, 0.15) is 0 Å². The highest BCUT2D eigenvalue weighted by Gasteiger charge is 2.63. The number of anilines is 5. The van der Waals surface area contributed by atoms with Crippen LogP contribution in [0.25, 0.3) is 22.3 Å². The molecule has 0 heterocycles. The third-order valence-corrected chi connectivity index (χ3v) is 19.4. The molecule has 8 bridgehead atoms. The maximum atomic E-state index is 6.46. The maximum absolute atomic E-state index is 6.46. The molecule has 0 amide bonds. The van der Waals surface area contributed by atoms with Crippen molar-refractivity contribution in [3.8, 4) is 22.3 Å². The van der Waals surface area contributed by atoms with Gasteiger partial charge in [0.25, 0.3) is 0 Å². The van der Waals surface area contributed by atoms with E-state index in [1.54, 1.807) is 22.3 Å². The van der Waals surface area contributed by atoms with Crippen LogP contribution < -0.4 is 10.2 Å². The van der Waals surface area contributed by atoms with Gasteiger partial charge in [0.2, 0.25) is 0 Å². The van der Waals surface area contributed by atoms with Crippen LogP contribution in [0.1, 0.15) is 86.5 Å². The minimum Gasteiger partial charge on any atom is -0.356 e. The summed E-state index contributed by atoms with van der Waals surface area (Å²) >= 11 is 6.46. The van der Waals surface area contributed by atoms with Crippen molar-refractivity contribution in [3.63, 3.8) is 0 Å². The van der Waals surface area contributed by atoms with E-state index < -0.39 is 0 Å². The molecule has 10 aliphatic carbocycles. The number of benzene rings is 8. The van der Waals surface area contributed by atoms with Gasteiger partial charge in [0.15, 0.2) is 0 Å². The Bertz CT molecular complexity index is 3080. The number of para-hydroxylation sites is 4. The molecule has 10 aliphatic rings. The van der Waals surface area contributed by atoms with Gasteiger partial charge in [-0.15, -0.1) is 0 Å². The van der Waals surface area contributed by atoms with Crippen LogP contribution >= 0.6 is 11.6 Å². The van der Waals surface area contributed by atoms with Gasteiger partial charge in [-0.2, -0.15) is 0 Å². The zero-order chi connectivity index (χ0) is 47.1. The van der Waals surface area contributed by atoms with Crippen LogP contribution in [0.4, 0.5) is 28.4 Å². The van der Waals surface area contributed by atoms with E-state index in [9.17, 15) is 0 Å². The lowest BCUT2D eigenvalue weighted by Crippen LogP contribution is -2.55. The standard InChI is InChI=1S/C34H31N.C22H21Cl.C12H11N/c1-3-9-27(10-4-1)35(28-11-5-2-6-12-28)29-15-16-31-30-13-7-8-14-32(30)34(33(31)22-29)25-18-23-17-24(20-25)21-26(34)19-23;23-17-5-6-19-18-3-1-2-4-20(18)22(21(19)12-17)15-8-13-7-14(10-15)11-16(22)9-13;1-3-7-11(8-4-1)13-12-9-5-2-6-10-12/h1-16,22-26H,17-21H2;1-6,12-16H,7-11H2;1-10,13H. The lowest BCUT2D eigenvalue weighted by molar-refractivity contribution is -0.0399. The van der Waals surface area contributed by atoms with Crippen molar-refractivity contribution >= 4 is 40.0 Å². The third-order valence-electron chi connectivity index (χ3n) is 19.2. The first-order valence-electron chi connectivity index (χ1n) is 27.0. The highest BCUT2D eigenvalue weighted by atomic mass is 35.5. The molecule has 0 unspecified atom stereocenters. The first kappa shape index (κ1) is 43.4. The minimum absolute atomic E-state index is 0.203. The largest absolute Gasteiger partial charge is 0.356 e. The molecular formula is C68H63ClN2. The molecule has 18 rings (SSSR count). The molecule has 0 atom stereocenters. The molecule has 352 valence electrons. The number of halogens is 1. The lowest BCUT2D eigenvalue weighted by Gasteiger charge is -2.61. The quantitative estimate of drug-likeness (QED) is 0.185. The van der Waals surface area contributed by atoms with E-state index in [4.69, 9.17) is 11.6 Å². The second-order valence-corrected chi connectivity index (χ2v) is 23.2. The second-order valence-electron chi connectivity index (χ2n) is 22.7. The Kier molecular flexibility index (Phi) is 10.7. The molecule has 2 nitrogen and oxygen atoms in total. The van der Waals surface area contributed by atoms with E-state index in [0.717, 1.165) is 63.7 Å². The van der Waals surface area contributed by atoms with Gasteiger partial charge in [-0.3, -0.25) is 0 Å². The number of nitrogens with zero attached hydrogens (tertiary/aromatic N) is 1. The van der Waals surface area contributed by atoms with Gasteiger partial charge in [-0.1, -0.05) is 145 Å². The van der Waals surface area contributed by atoms with E-state index in [0.29, 0.717) is 0 Å². The monoisotopic (exact) mass is 942 g/mol. The number of fused-ring (bicyclic) bond motifs is 6. The number of hydrogen-bond acceptors (Lipinski definition) is 2. The summed E-state index contributed by atoms with van der Waals surface area (Å²) in [4.78, 5) is 2.44. The van der Waals surface area contributed by atoms with E-state index in [1.165, 1.54) is 104 Å². The smallest absolute Gasteiger partial charge is 0.0465 e. The van der Waals surface area contributed by atoms with E-state index in [1.807, 2.05) is 60.7 Å². The van der Waals surface area contributed by atoms with Gasteiger partial charge >= 0.3 is 0 Å². The summed E-state index contributed by atoms with van der Waals surface area (Å²) in [5.41, 5.74) is 18.7. The highest BCUT2D eigenvalue weighted by molar-refractivity contribution is 6.30. The molecule has 0 aliphatic heterocycles. The predicted octanol–water partition coefficient (Wildman–Crippen LogP) is 18.4. The summed E-state index contributed by atoms with van der Waals surface area (Å²) in [6.07, 6.45) is 14.4. The van der Waals surface area contributed by atoms with Crippen LogP contribution in [0.2, 0.25) is 5.02 Å². The van der Waals surface area contributed by atoms with Crippen molar-refractivity contribution < 1.29 is 0 Å². The van der Waals surface area contributed by atoms with Crippen LogP contribution in [-0.4, -0.2) is 0 Å². The third kappa shape index (κ3) is 7.02. The van der Waals surface area contributed by atoms with E-state index in [-0.39, 0.29) is 10.8 Å². The summed E-state index contributed by atoms with van der Waals surface area (Å²) in [7, 11) is 0. The molecule has 3 heteroatoms. The van der Waals surface area contributed by atoms with Crippen LogP contribution in [0.15, 0.2) is 206 Å². The van der Waals surface area contributed by atoms with Crippen molar-refractivity contribution in [3.05, 3.63) is 234 Å². The average Bonchev–Trinajstić information content (AvgIpc) is 3.86. The topological polar surface area (TPSA) is 15.3 Å². The SMILES string of the molecule is Clc1ccc2c(c1)C1(c3ccccc3-2)C2CC3CC(C2)CC1C3.c1ccc(N(c2ccccc2)c2ccc3c(c2)C2(c4ccccc4-3)C3CC4CC(C3)CC2C4)cc1.c1ccc(Nc2ccccc2)cc1. The molecule has 8 aromatic rings. The molecule has 0 saturated heterocycles. The molecular weight excluding hydrogens is 880 g/mol. The Morgan fingerprint density at radius 2 is 0.676 bits per heavy atom. The summed E-state index contributed by atoms with van der Waals surface area (Å²) in [6.45, 7) is 0. The first-order chi connectivity index (χ1) is 35.0. The fourth-order valence-corrected chi connectivity index (χ4v) is 17.4. The molecule has 0 aromatic heterocycles. The Labute approximate surface area is 426 Å². The van der Waals surface area contributed by atoms with Crippen molar-refractivity contribution in [1.82, 2.24) is 0 Å². The molecule has 8 saturated carbocycles. The summed E-state index contributed by atoms with van der Waals surface area (Å²) in [5.74, 6) is 7.17. The normalized spacial score (nSPS) is 28.7. The zero-order valence-corrected chi connectivity index (χ0v) is 41.4. The minimum atomic E-state index is 0.203. The number of nitrogens with one attached hydrogen (secondary N) is 1. The first-order valence-corrected chi connectivity index (χ1v) is 27.3. The fourth-order valence-electron chi connectivity index (χ4n) is 17.2.